The van der Waals surface area contributed by atoms with E-state index in [0.717, 1.165) is 0 Å². The molecule has 2 rings (SSSR count). The molecule has 2 heterocycles. The lowest BCUT2D eigenvalue weighted by Crippen LogP contribution is -2.30. The Kier molecular flexibility index (Phi) is 4.42. The van der Waals surface area contributed by atoms with Crippen molar-refractivity contribution in [3.05, 3.63) is 36.0 Å². The van der Waals surface area contributed by atoms with Gasteiger partial charge in [0, 0.05) is 13.6 Å². The van der Waals surface area contributed by atoms with Crippen LogP contribution in [0.3, 0.4) is 0 Å². The van der Waals surface area contributed by atoms with Crippen LogP contribution in [0, 0.1) is 5.92 Å². The number of aromatic nitrogens is 2. The van der Waals surface area contributed by atoms with Crippen LogP contribution in [0.1, 0.15) is 34.9 Å². The highest BCUT2D eigenvalue weighted by Gasteiger charge is 2.20. The molecular weight excluding hydrogens is 272 g/mol. The van der Waals surface area contributed by atoms with Crippen molar-refractivity contribution >= 4 is 17.5 Å². The maximum Gasteiger partial charge on any atom is 0.291 e. The minimum atomic E-state index is -0.425. The molecule has 7 heteroatoms. The van der Waals surface area contributed by atoms with Crippen molar-refractivity contribution in [2.24, 2.45) is 13.0 Å². The van der Waals surface area contributed by atoms with E-state index < -0.39 is 5.91 Å². The van der Waals surface area contributed by atoms with Gasteiger partial charge < -0.3 is 15.1 Å². The van der Waals surface area contributed by atoms with Crippen LogP contribution in [0.25, 0.3) is 0 Å². The Balaban J connectivity index is 2.14. The minimum Gasteiger partial charge on any atom is -0.459 e. The molecule has 2 aromatic rings. The number of nitrogens with zero attached hydrogens (tertiary/aromatic N) is 2. The third kappa shape index (κ3) is 3.50. The third-order valence-corrected chi connectivity index (χ3v) is 2.82. The second-order valence-corrected chi connectivity index (χ2v) is 5.07. The maximum absolute atomic E-state index is 12.2. The molecule has 0 saturated heterocycles. The van der Waals surface area contributed by atoms with E-state index in [9.17, 15) is 9.59 Å². The van der Waals surface area contributed by atoms with Crippen molar-refractivity contribution in [3.8, 4) is 0 Å². The van der Waals surface area contributed by atoms with Gasteiger partial charge in [-0.3, -0.25) is 14.3 Å². The molecule has 0 bridgehead atoms. The van der Waals surface area contributed by atoms with Crippen molar-refractivity contribution in [3.63, 3.8) is 0 Å². The summed E-state index contributed by atoms with van der Waals surface area (Å²) in [5, 5.41) is 9.43. The second-order valence-electron chi connectivity index (χ2n) is 5.07. The highest BCUT2D eigenvalue weighted by atomic mass is 16.3. The first kappa shape index (κ1) is 14.8. The van der Waals surface area contributed by atoms with Gasteiger partial charge in [0.05, 0.1) is 18.1 Å². The summed E-state index contributed by atoms with van der Waals surface area (Å²) in [5.41, 5.74) is 0.649. The fourth-order valence-corrected chi connectivity index (χ4v) is 1.77. The summed E-state index contributed by atoms with van der Waals surface area (Å²) in [4.78, 5) is 24.1. The van der Waals surface area contributed by atoms with E-state index in [1.807, 2.05) is 13.8 Å². The number of hydrogen-bond acceptors (Lipinski definition) is 4. The molecule has 21 heavy (non-hydrogen) atoms. The van der Waals surface area contributed by atoms with Crippen molar-refractivity contribution in [1.29, 1.82) is 0 Å². The van der Waals surface area contributed by atoms with E-state index in [4.69, 9.17) is 4.42 Å². The average molecular weight is 290 g/mol. The van der Waals surface area contributed by atoms with Gasteiger partial charge in [0.15, 0.2) is 5.76 Å². The zero-order valence-electron chi connectivity index (χ0n) is 12.2. The fourth-order valence-electron chi connectivity index (χ4n) is 1.77. The van der Waals surface area contributed by atoms with E-state index in [-0.39, 0.29) is 11.7 Å². The zero-order valence-corrected chi connectivity index (χ0v) is 12.2. The van der Waals surface area contributed by atoms with Crippen LogP contribution < -0.4 is 10.6 Å². The predicted molar refractivity (Wildman–Crippen MR) is 77.0 cm³/mol. The van der Waals surface area contributed by atoms with Crippen LogP contribution >= 0.6 is 0 Å². The summed E-state index contributed by atoms with van der Waals surface area (Å²) in [5.74, 6) is -0.194. The molecule has 0 aromatic carbocycles. The summed E-state index contributed by atoms with van der Waals surface area (Å²) in [6, 6.07) is 3.17. The van der Waals surface area contributed by atoms with E-state index in [1.165, 1.54) is 17.1 Å². The first-order chi connectivity index (χ1) is 9.99. The van der Waals surface area contributed by atoms with Crippen molar-refractivity contribution in [2.45, 2.75) is 13.8 Å². The third-order valence-electron chi connectivity index (χ3n) is 2.82. The van der Waals surface area contributed by atoms with Crippen LogP contribution in [0.5, 0.6) is 0 Å². The number of furan rings is 1. The molecule has 0 saturated carbocycles. The SMILES string of the molecule is CC(C)CNC(=O)c1c(NC(=O)c2ccco2)cnn1C. The molecule has 0 fully saturated rings. The van der Waals surface area contributed by atoms with Gasteiger partial charge in [-0.15, -0.1) is 0 Å². The van der Waals surface area contributed by atoms with E-state index in [1.54, 1.807) is 19.2 Å². The van der Waals surface area contributed by atoms with Crippen LogP contribution in [0.4, 0.5) is 5.69 Å². The summed E-state index contributed by atoms with van der Waals surface area (Å²) in [7, 11) is 1.65. The Bertz CT molecular complexity index is 629. The number of carbonyl (C=O) groups is 2. The molecular formula is C14H18N4O3. The highest BCUT2D eigenvalue weighted by molar-refractivity contribution is 6.07. The molecule has 2 aromatic heterocycles. The molecule has 112 valence electrons. The zero-order chi connectivity index (χ0) is 15.4. The molecule has 2 amide bonds. The summed E-state index contributed by atoms with van der Waals surface area (Å²) in [6.07, 6.45) is 2.85. The molecule has 0 aliphatic heterocycles. The summed E-state index contributed by atoms with van der Waals surface area (Å²) < 4.78 is 6.44. The predicted octanol–water partition coefficient (Wildman–Crippen LogP) is 1.65. The first-order valence-corrected chi connectivity index (χ1v) is 6.64. The van der Waals surface area contributed by atoms with Gasteiger partial charge in [-0.05, 0) is 18.1 Å². The Morgan fingerprint density at radius 3 is 2.76 bits per heavy atom. The maximum atomic E-state index is 12.2. The van der Waals surface area contributed by atoms with Gasteiger partial charge >= 0.3 is 0 Å². The topological polar surface area (TPSA) is 89.2 Å². The fraction of sp³-hybridized carbons (Fsp3) is 0.357. The molecule has 0 radical (unpaired) electrons. The van der Waals surface area contributed by atoms with E-state index in [2.05, 4.69) is 15.7 Å². The number of rotatable bonds is 5. The molecule has 7 nitrogen and oxygen atoms in total. The Morgan fingerprint density at radius 2 is 2.14 bits per heavy atom. The Morgan fingerprint density at radius 1 is 1.38 bits per heavy atom. The lowest BCUT2D eigenvalue weighted by Gasteiger charge is -2.09. The van der Waals surface area contributed by atoms with Crippen LogP contribution in [0.15, 0.2) is 29.0 Å². The molecule has 0 atom stereocenters. The number of anilines is 1. The molecule has 0 unspecified atom stereocenters. The summed E-state index contributed by atoms with van der Waals surface area (Å²) in [6.45, 7) is 4.56. The largest absolute Gasteiger partial charge is 0.459 e. The average Bonchev–Trinajstić information content (AvgIpc) is 3.06. The monoisotopic (exact) mass is 290 g/mol. The van der Waals surface area contributed by atoms with E-state index in [0.29, 0.717) is 23.8 Å². The molecule has 0 aliphatic carbocycles. The van der Waals surface area contributed by atoms with Gasteiger partial charge in [0.1, 0.15) is 5.69 Å². The number of aryl methyl sites for hydroxylation is 1. The molecule has 0 spiro atoms. The van der Waals surface area contributed by atoms with Gasteiger partial charge in [0.2, 0.25) is 0 Å². The minimum absolute atomic E-state index is 0.174. The standard InChI is InChI=1S/C14H18N4O3/c1-9(2)7-15-14(20)12-10(8-16-18(12)3)17-13(19)11-5-4-6-21-11/h4-6,8-9H,7H2,1-3H3,(H,15,20)(H,17,19). The van der Waals surface area contributed by atoms with Gasteiger partial charge in [-0.1, -0.05) is 13.8 Å². The quantitative estimate of drug-likeness (QED) is 0.876. The number of hydrogen-bond donors (Lipinski definition) is 2. The normalized spacial score (nSPS) is 10.7. The van der Waals surface area contributed by atoms with Crippen molar-refractivity contribution in [1.82, 2.24) is 15.1 Å². The first-order valence-electron chi connectivity index (χ1n) is 6.64. The number of amides is 2. The van der Waals surface area contributed by atoms with Gasteiger partial charge in [-0.25, -0.2) is 0 Å². The second kappa shape index (κ2) is 6.25. The Labute approximate surface area is 122 Å². The number of carbonyl (C=O) groups excluding carboxylic acids is 2. The Hall–Kier alpha value is -2.57. The lowest BCUT2D eigenvalue weighted by atomic mass is 10.2. The molecule has 0 aliphatic rings. The smallest absolute Gasteiger partial charge is 0.291 e. The summed E-state index contributed by atoms with van der Waals surface area (Å²) >= 11 is 0. The highest BCUT2D eigenvalue weighted by Crippen LogP contribution is 2.15. The van der Waals surface area contributed by atoms with Crippen molar-refractivity contribution in [2.75, 3.05) is 11.9 Å². The van der Waals surface area contributed by atoms with Crippen LogP contribution in [-0.2, 0) is 7.05 Å². The molecule has 2 N–H and O–H groups in total. The van der Waals surface area contributed by atoms with E-state index >= 15 is 0 Å². The lowest BCUT2D eigenvalue weighted by molar-refractivity contribution is 0.0940. The van der Waals surface area contributed by atoms with Crippen LogP contribution in [0.2, 0.25) is 0 Å². The van der Waals surface area contributed by atoms with Gasteiger partial charge in [-0.2, -0.15) is 5.10 Å². The van der Waals surface area contributed by atoms with Crippen LogP contribution in [-0.4, -0.2) is 28.1 Å². The van der Waals surface area contributed by atoms with Crippen molar-refractivity contribution < 1.29 is 14.0 Å². The number of nitrogens with one attached hydrogen (secondary N) is 2. The van der Waals surface area contributed by atoms with Gasteiger partial charge in [0.25, 0.3) is 11.8 Å².